The second-order valence-corrected chi connectivity index (χ2v) is 5.80. The van der Waals surface area contributed by atoms with Crippen LogP contribution in [0.1, 0.15) is 12.5 Å². The molecule has 1 aromatic carbocycles. The SMILES string of the molecule is CC1C=C2c3cccc4c(Cl)cn(c34)CC2NC1. The van der Waals surface area contributed by atoms with Gasteiger partial charge in [0.05, 0.1) is 16.6 Å². The summed E-state index contributed by atoms with van der Waals surface area (Å²) in [7, 11) is 0. The molecular weight excluding hydrogens is 244 g/mol. The minimum Gasteiger partial charge on any atom is -0.344 e. The first kappa shape index (κ1) is 10.7. The Morgan fingerprint density at radius 1 is 1.39 bits per heavy atom. The normalized spacial score (nSPS) is 26.0. The molecule has 18 heavy (non-hydrogen) atoms. The maximum Gasteiger partial charge on any atom is 0.0661 e. The van der Waals surface area contributed by atoms with E-state index < -0.39 is 0 Å². The Morgan fingerprint density at radius 3 is 3.17 bits per heavy atom. The van der Waals surface area contributed by atoms with E-state index >= 15 is 0 Å². The van der Waals surface area contributed by atoms with Crippen LogP contribution in [0.3, 0.4) is 0 Å². The minimum atomic E-state index is 0.433. The van der Waals surface area contributed by atoms with Gasteiger partial charge in [-0.3, -0.25) is 0 Å². The molecule has 0 aliphatic carbocycles. The van der Waals surface area contributed by atoms with Crippen LogP contribution >= 0.6 is 11.6 Å². The van der Waals surface area contributed by atoms with E-state index in [1.54, 1.807) is 0 Å². The van der Waals surface area contributed by atoms with Gasteiger partial charge in [-0.05, 0) is 11.5 Å². The van der Waals surface area contributed by atoms with Crippen molar-refractivity contribution in [3.63, 3.8) is 0 Å². The van der Waals surface area contributed by atoms with Crippen LogP contribution in [0, 0.1) is 5.92 Å². The summed E-state index contributed by atoms with van der Waals surface area (Å²) in [6, 6.07) is 6.87. The summed E-state index contributed by atoms with van der Waals surface area (Å²) in [5.74, 6) is 0.600. The van der Waals surface area contributed by atoms with Crippen LogP contribution < -0.4 is 5.32 Å². The van der Waals surface area contributed by atoms with Gasteiger partial charge in [0, 0.05) is 30.2 Å². The molecule has 92 valence electrons. The number of hydrogen-bond acceptors (Lipinski definition) is 1. The molecule has 2 unspecified atom stereocenters. The van der Waals surface area contributed by atoms with Crippen LogP contribution in [-0.4, -0.2) is 17.2 Å². The second-order valence-electron chi connectivity index (χ2n) is 5.39. The lowest BCUT2D eigenvalue weighted by Crippen LogP contribution is -2.42. The molecule has 0 radical (unpaired) electrons. The Hall–Kier alpha value is -1.25. The molecule has 3 heterocycles. The summed E-state index contributed by atoms with van der Waals surface area (Å²) in [6.07, 6.45) is 4.48. The molecule has 1 aromatic heterocycles. The lowest BCUT2D eigenvalue weighted by atomic mass is 9.88. The number of fused-ring (bicyclic) bond motifs is 2. The second kappa shape index (κ2) is 3.62. The minimum absolute atomic E-state index is 0.433. The standard InChI is InChI=1S/C15H15ClN2/c1-9-5-12-10-3-2-4-11-13(16)7-18(15(10)11)8-14(12)17-6-9/h2-5,7,9,14,17H,6,8H2,1H3. The zero-order valence-corrected chi connectivity index (χ0v) is 11.0. The summed E-state index contributed by atoms with van der Waals surface area (Å²) >= 11 is 6.32. The number of halogens is 1. The van der Waals surface area contributed by atoms with Gasteiger partial charge in [-0.25, -0.2) is 0 Å². The first-order chi connectivity index (χ1) is 8.74. The smallest absolute Gasteiger partial charge is 0.0661 e. The number of rotatable bonds is 0. The van der Waals surface area contributed by atoms with E-state index in [1.165, 1.54) is 22.0 Å². The predicted octanol–water partition coefficient (Wildman–Crippen LogP) is 3.30. The maximum absolute atomic E-state index is 6.32. The van der Waals surface area contributed by atoms with Crippen LogP contribution in [0.2, 0.25) is 5.02 Å². The van der Waals surface area contributed by atoms with Gasteiger partial charge >= 0.3 is 0 Å². The summed E-state index contributed by atoms with van der Waals surface area (Å²) in [5.41, 5.74) is 4.08. The third-order valence-corrected chi connectivity index (χ3v) is 4.37. The molecule has 2 atom stereocenters. The fraction of sp³-hybridized carbons (Fsp3) is 0.333. The van der Waals surface area contributed by atoms with Crippen LogP contribution in [-0.2, 0) is 6.54 Å². The Morgan fingerprint density at radius 2 is 2.28 bits per heavy atom. The molecule has 2 aliphatic heterocycles. The van der Waals surface area contributed by atoms with E-state index in [0.29, 0.717) is 12.0 Å². The number of hydrogen-bond donors (Lipinski definition) is 1. The van der Waals surface area contributed by atoms with Crippen molar-refractivity contribution in [2.45, 2.75) is 19.5 Å². The van der Waals surface area contributed by atoms with E-state index in [4.69, 9.17) is 11.6 Å². The van der Waals surface area contributed by atoms with E-state index in [9.17, 15) is 0 Å². The Bertz CT molecular complexity index is 668. The van der Waals surface area contributed by atoms with Crippen molar-refractivity contribution in [2.24, 2.45) is 5.92 Å². The van der Waals surface area contributed by atoms with E-state index in [2.05, 4.69) is 47.3 Å². The molecule has 2 nitrogen and oxygen atoms in total. The highest BCUT2D eigenvalue weighted by atomic mass is 35.5. The van der Waals surface area contributed by atoms with Gasteiger partial charge in [0.1, 0.15) is 0 Å². The average Bonchev–Trinajstić information content (AvgIpc) is 2.69. The molecule has 0 amide bonds. The molecule has 3 heteroatoms. The molecule has 2 aliphatic rings. The monoisotopic (exact) mass is 258 g/mol. The highest BCUT2D eigenvalue weighted by Crippen LogP contribution is 2.38. The van der Waals surface area contributed by atoms with Gasteiger partial charge in [0.15, 0.2) is 0 Å². The van der Waals surface area contributed by atoms with E-state index in [0.717, 1.165) is 18.1 Å². The molecule has 2 aromatic rings. The van der Waals surface area contributed by atoms with Crippen LogP contribution in [0.25, 0.3) is 16.5 Å². The zero-order chi connectivity index (χ0) is 12.3. The average molecular weight is 259 g/mol. The van der Waals surface area contributed by atoms with Crippen molar-refractivity contribution in [3.8, 4) is 0 Å². The van der Waals surface area contributed by atoms with Crippen molar-refractivity contribution in [2.75, 3.05) is 6.54 Å². The van der Waals surface area contributed by atoms with Gasteiger partial charge in [0.25, 0.3) is 0 Å². The zero-order valence-electron chi connectivity index (χ0n) is 10.3. The quantitative estimate of drug-likeness (QED) is 0.767. The third-order valence-electron chi connectivity index (χ3n) is 4.07. The van der Waals surface area contributed by atoms with Crippen LogP contribution in [0.15, 0.2) is 30.5 Å². The fourth-order valence-corrected chi connectivity index (χ4v) is 3.52. The van der Waals surface area contributed by atoms with Gasteiger partial charge < -0.3 is 9.88 Å². The summed E-state index contributed by atoms with van der Waals surface area (Å²) < 4.78 is 2.29. The molecule has 0 saturated carbocycles. The molecular formula is C15H15ClN2. The number of para-hydroxylation sites is 1. The summed E-state index contributed by atoms with van der Waals surface area (Å²) in [4.78, 5) is 0. The van der Waals surface area contributed by atoms with Crippen molar-refractivity contribution >= 4 is 28.1 Å². The molecule has 1 N–H and O–H groups in total. The third kappa shape index (κ3) is 1.33. The first-order valence-electron chi connectivity index (χ1n) is 6.47. The van der Waals surface area contributed by atoms with Crippen molar-refractivity contribution in [1.82, 2.24) is 9.88 Å². The van der Waals surface area contributed by atoms with E-state index in [1.807, 2.05) is 0 Å². The highest BCUT2D eigenvalue weighted by molar-refractivity contribution is 6.36. The molecule has 0 bridgehead atoms. The number of nitrogens with zero attached hydrogens (tertiary/aromatic N) is 1. The van der Waals surface area contributed by atoms with Crippen molar-refractivity contribution in [3.05, 3.63) is 41.1 Å². The Kier molecular flexibility index (Phi) is 2.14. The fourth-order valence-electron chi connectivity index (χ4n) is 3.25. The van der Waals surface area contributed by atoms with Crippen LogP contribution in [0.4, 0.5) is 0 Å². The lowest BCUT2D eigenvalue weighted by Gasteiger charge is -2.33. The van der Waals surface area contributed by atoms with Crippen LogP contribution in [0.5, 0.6) is 0 Å². The number of nitrogens with one attached hydrogen (secondary N) is 1. The van der Waals surface area contributed by atoms with Gasteiger partial charge in [0.2, 0.25) is 0 Å². The molecule has 0 spiro atoms. The molecule has 0 fully saturated rings. The van der Waals surface area contributed by atoms with Gasteiger partial charge in [-0.15, -0.1) is 0 Å². The summed E-state index contributed by atoms with van der Waals surface area (Å²) in [6.45, 7) is 4.31. The largest absolute Gasteiger partial charge is 0.344 e. The Balaban J connectivity index is 2.05. The highest BCUT2D eigenvalue weighted by Gasteiger charge is 2.28. The van der Waals surface area contributed by atoms with Crippen molar-refractivity contribution in [1.29, 1.82) is 0 Å². The Labute approximate surface area is 111 Å². The van der Waals surface area contributed by atoms with E-state index in [-0.39, 0.29) is 0 Å². The lowest BCUT2D eigenvalue weighted by molar-refractivity contribution is 0.472. The predicted molar refractivity (Wildman–Crippen MR) is 75.9 cm³/mol. The molecule has 4 rings (SSSR count). The molecule has 0 saturated heterocycles. The summed E-state index contributed by atoms with van der Waals surface area (Å²) in [5, 5.41) is 5.66. The first-order valence-corrected chi connectivity index (χ1v) is 6.84. The maximum atomic E-state index is 6.32. The van der Waals surface area contributed by atoms with Gasteiger partial charge in [-0.1, -0.05) is 42.8 Å². The topological polar surface area (TPSA) is 17.0 Å². The van der Waals surface area contributed by atoms with Gasteiger partial charge in [-0.2, -0.15) is 0 Å². The van der Waals surface area contributed by atoms with Crippen molar-refractivity contribution < 1.29 is 0 Å². The number of benzene rings is 1. The number of aromatic nitrogens is 1.